The summed E-state index contributed by atoms with van der Waals surface area (Å²) < 4.78 is 5.26. The van der Waals surface area contributed by atoms with Crippen LogP contribution in [0, 0.1) is 0 Å². The summed E-state index contributed by atoms with van der Waals surface area (Å²) in [5, 5.41) is 2.76. The molecule has 0 aromatic heterocycles. The fraction of sp³-hybridized carbons (Fsp3) is 0.500. The maximum absolute atomic E-state index is 12.1. The second-order valence-electron chi connectivity index (χ2n) is 6.84. The molecule has 23 heavy (non-hydrogen) atoms. The Morgan fingerprint density at radius 2 is 1.87 bits per heavy atom. The van der Waals surface area contributed by atoms with Gasteiger partial charge in [-0.3, -0.25) is 14.4 Å². The van der Waals surface area contributed by atoms with Crippen LogP contribution in [0.4, 0.5) is 0 Å². The van der Waals surface area contributed by atoms with Gasteiger partial charge in [-0.1, -0.05) is 12.1 Å². The number of ether oxygens (including phenoxy) is 1. The van der Waals surface area contributed by atoms with Gasteiger partial charge in [0.05, 0.1) is 12.5 Å². The number of esters is 1. The molecular weight excluding hydrogens is 294 g/mol. The van der Waals surface area contributed by atoms with Gasteiger partial charge in [0, 0.05) is 12.0 Å². The number of hydrogen-bond donors (Lipinski definition) is 1. The van der Waals surface area contributed by atoms with E-state index in [1.54, 1.807) is 24.3 Å². The highest BCUT2D eigenvalue weighted by Gasteiger charge is 2.26. The molecule has 1 amide bonds. The summed E-state index contributed by atoms with van der Waals surface area (Å²) in [6.07, 6.45) is 2.25. The molecule has 1 saturated carbocycles. The summed E-state index contributed by atoms with van der Waals surface area (Å²) >= 11 is 0. The molecule has 1 aromatic rings. The van der Waals surface area contributed by atoms with E-state index in [4.69, 9.17) is 4.74 Å². The number of rotatable bonds is 4. The summed E-state index contributed by atoms with van der Waals surface area (Å²) in [6, 6.07) is 6.43. The molecule has 1 aliphatic carbocycles. The number of nitrogens with one attached hydrogen (secondary N) is 1. The highest BCUT2D eigenvalue weighted by Crippen LogP contribution is 2.15. The molecule has 1 aromatic carbocycles. The van der Waals surface area contributed by atoms with E-state index in [1.165, 1.54) is 0 Å². The third-order valence-electron chi connectivity index (χ3n) is 3.59. The van der Waals surface area contributed by atoms with Crippen molar-refractivity contribution in [2.24, 2.45) is 0 Å². The van der Waals surface area contributed by atoms with Gasteiger partial charge >= 0.3 is 5.97 Å². The van der Waals surface area contributed by atoms with Crippen LogP contribution in [-0.2, 0) is 20.7 Å². The Hall–Kier alpha value is -2.17. The van der Waals surface area contributed by atoms with Gasteiger partial charge in [-0.25, -0.2) is 0 Å². The van der Waals surface area contributed by atoms with Gasteiger partial charge in [-0.15, -0.1) is 0 Å². The standard InChI is InChI=1S/C18H23NO4/c1-18(2,3)23-16(21)11-12-7-9-13(10-8-12)17(22)19-14-5-4-6-15(14)20/h7-10,14H,4-6,11H2,1-3H3,(H,19,22)/t14-/m1/s1. The first-order valence-electron chi connectivity index (χ1n) is 7.89. The molecule has 124 valence electrons. The van der Waals surface area contributed by atoms with Crippen molar-refractivity contribution in [3.05, 3.63) is 35.4 Å². The molecule has 5 heteroatoms. The smallest absolute Gasteiger partial charge is 0.310 e. The normalized spacial score (nSPS) is 17.9. The molecule has 1 atom stereocenters. The lowest BCUT2D eigenvalue weighted by atomic mass is 10.1. The number of ketones is 1. The predicted octanol–water partition coefficient (Wildman–Crippen LogP) is 2.42. The highest BCUT2D eigenvalue weighted by atomic mass is 16.6. The Balaban J connectivity index is 1.92. The molecule has 2 rings (SSSR count). The van der Waals surface area contributed by atoms with E-state index in [9.17, 15) is 14.4 Å². The first-order chi connectivity index (χ1) is 10.7. The summed E-state index contributed by atoms with van der Waals surface area (Å²) in [4.78, 5) is 35.5. The van der Waals surface area contributed by atoms with Gasteiger partial charge in [-0.2, -0.15) is 0 Å². The number of hydrogen-bond acceptors (Lipinski definition) is 4. The minimum Gasteiger partial charge on any atom is -0.460 e. The van der Waals surface area contributed by atoms with Crippen LogP contribution in [0.2, 0.25) is 0 Å². The van der Waals surface area contributed by atoms with E-state index in [0.29, 0.717) is 18.4 Å². The van der Waals surface area contributed by atoms with Crippen LogP contribution in [0.3, 0.4) is 0 Å². The molecular formula is C18H23NO4. The maximum atomic E-state index is 12.1. The number of carbonyl (C=O) groups excluding carboxylic acids is 3. The van der Waals surface area contributed by atoms with Gasteiger partial charge in [-0.05, 0) is 51.3 Å². The summed E-state index contributed by atoms with van der Waals surface area (Å²) in [6.45, 7) is 5.47. The molecule has 0 saturated heterocycles. The number of amides is 1. The van der Waals surface area contributed by atoms with E-state index in [1.807, 2.05) is 20.8 Å². The molecule has 0 heterocycles. The van der Waals surface area contributed by atoms with Gasteiger partial charge < -0.3 is 10.1 Å². The minimum atomic E-state index is -0.509. The molecule has 5 nitrogen and oxygen atoms in total. The van der Waals surface area contributed by atoms with Crippen LogP contribution >= 0.6 is 0 Å². The Morgan fingerprint density at radius 3 is 2.39 bits per heavy atom. The lowest BCUT2D eigenvalue weighted by Gasteiger charge is -2.19. The van der Waals surface area contributed by atoms with Crippen molar-refractivity contribution >= 4 is 17.7 Å². The van der Waals surface area contributed by atoms with Crippen molar-refractivity contribution < 1.29 is 19.1 Å². The van der Waals surface area contributed by atoms with Crippen molar-refractivity contribution in [3.63, 3.8) is 0 Å². The average molecular weight is 317 g/mol. The first kappa shape index (κ1) is 17.2. The van der Waals surface area contributed by atoms with E-state index in [2.05, 4.69) is 5.32 Å². The second kappa shape index (κ2) is 6.94. The fourth-order valence-corrected chi connectivity index (χ4v) is 2.53. The summed E-state index contributed by atoms with van der Waals surface area (Å²) in [5.41, 5.74) is 0.760. The largest absolute Gasteiger partial charge is 0.460 e. The third-order valence-corrected chi connectivity index (χ3v) is 3.59. The SMILES string of the molecule is CC(C)(C)OC(=O)Cc1ccc(C(=O)N[C@@H]2CCCC2=O)cc1. The molecule has 0 aliphatic heterocycles. The van der Waals surface area contributed by atoms with Crippen molar-refractivity contribution in [2.75, 3.05) is 0 Å². The van der Waals surface area contributed by atoms with E-state index in [-0.39, 0.29) is 30.1 Å². The summed E-state index contributed by atoms with van der Waals surface area (Å²) in [5.74, 6) is -0.458. The molecule has 1 N–H and O–H groups in total. The van der Waals surface area contributed by atoms with Gasteiger partial charge in [0.2, 0.25) is 0 Å². The molecule has 1 fully saturated rings. The molecule has 1 aliphatic rings. The molecule has 0 spiro atoms. The van der Waals surface area contributed by atoms with Crippen molar-refractivity contribution in [1.29, 1.82) is 0 Å². The monoisotopic (exact) mass is 317 g/mol. The Bertz CT molecular complexity index is 598. The van der Waals surface area contributed by atoms with Crippen LogP contribution < -0.4 is 5.32 Å². The lowest BCUT2D eigenvalue weighted by molar-refractivity contribution is -0.153. The Kier molecular flexibility index (Phi) is 5.19. The van der Waals surface area contributed by atoms with Crippen LogP contribution in [0.5, 0.6) is 0 Å². The van der Waals surface area contributed by atoms with Crippen molar-refractivity contribution in [2.45, 2.75) is 58.1 Å². The Labute approximate surface area is 136 Å². The summed E-state index contributed by atoms with van der Waals surface area (Å²) in [7, 11) is 0. The van der Waals surface area contributed by atoms with Gasteiger partial charge in [0.25, 0.3) is 5.91 Å². The van der Waals surface area contributed by atoms with Crippen molar-refractivity contribution in [1.82, 2.24) is 5.32 Å². The predicted molar refractivity (Wildman–Crippen MR) is 86.1 cm³/mol. The lowest BCUT2D eigenvalue weighted by Crippen LogP contribution is -2.37. The fourth-order valence-electron chi connectivity index (χ4n) is 2.53. The van der Waals surface area contributed by atoms with E-state index in [0.717, 1.165) is 12.0 Å². The number of Topliss-reactive ketones (excluding diaryl/α,β-unsaturated/α-hetero) is 1. The van der Waals surface area contributed by atoms with Crippen LogP contribution in [0.15, 0.2) is 24.3 Å². The van der Waals surface area contributed by atoms with E-state index >= 15 is 0 Å². The number of benzene rings is 1. The maximum Gasteiger partial charge on any atom is 0.310 e. The van der Waals surface area contributed by atoms with Gasteiger partial charge in [0.15, 0.2) is 5.78 Å². The third kappa shape index (κ3) is 5.20. The zero-order valence-electron chi connectivity index (χ0n) is 13.8. The quantitative estimate of drug-likeness (QED) is 0.866. The van der Waals surface area contributed by atoms with Crippen LogP contribution in [0.25, 0.3) is 0 Å². The topological polar surface area (TPSA) is 72.5 Å². The molecule has 0 unspecified atom stereocenters. The van der Waals surface area contributed by atoms with Crippen molar-refractivity contribution in [3.8, 4) is 0 Å². The number of carbonyl (C=O) groups is 3. The second-order valence-corrected chi connectivity index (χ2v) is 6.84. The van der Waals surface area contributed by atoms with Crippen LogP contribution in [0.1, 0.15) is 56.0 Å². The minimum absolute atomic E-state index is 0.0971. The zero-order chi connectivity index (χ0) is 17.0. The van der Waals surface area contributed by atoms with E-state index < -0.39 is 5.60 Å². The molecule has 0 bridgehead atoms. The highest BCUT2D eigenvalue weighted by molar-refractivity contribution is 5.98. The first-order valence-corrected chi connectivity index (χ1v) is 7.89. The van der Waals surface area contributed by atoms with Crippen LogP contribution in [-0.4, -0.2) is 29.3 Å². The van der Waals surface area contributed by atoms with Gasteiger partial charge in [0.1, 0.15) is 5.60 Å². The molecule has 0 radical (unpaired) electrons. The Morgan fingerprint density at radius 1 is 1.22 bits per heavy atom. The average Bonchev–Trinajstić information content (AvgIpc) is 2.83. The zero-order valence-corrected chi connectivity index (χ0v) is 13.8.